The maximum absolute atomic E-state index is 11.2. The van der Waals surface area contributed by atoms with Crippen LogP contribution in [0.1, 0.15) is 56.6 Å². The third kappa shape index (κ3) is 12.8. The van der Waals surface area contributed by atoms with E-state index in [0.717, 1.165) is 42.6 Å². The molecule has 2 aromatic carbocycles. The molecule has 58 heavy (non-hydrogen) atoms. The van der Waals surface area contributed by atoms with Gasteiger partial charge in [-0.25, -0.2) is 0 Å². The van der Waals surface area contributed by atoms with Crippen molar-refractivity contribution in [3.63, 3.8) is 0 Å². The average molecular weight is 838 g/mol. The Labute approximate surface area is 342 Å². The van der Waals surface area contributed by atoms with Gasteiger partial charge in [-0.3, -0.25) is 0 Å². The van der Waals surface area contributed by atoms with Crippen LogP contribution < -0.4 is 0 Å². The highest BCUT2D eigenvalue weighted by Crippen LogP contribution is 2.37. The van der Waals surface area contributed by atoms with Crippen molar-refractivity contribution in [2.75, 3.05) is 25.6 Å². The number of thioether (sulfide) groups is 1. The predicted octanol–water partition coefficient (Wildman–Crippen LogP) is 2.30. The highest BCUT2D eigenvalue weighted by Gasteiger charge is 2.52. The molecular formula is C40H59N3O14S. The molecule has 0 unspecified atom stereocenters. The summed E-state index contributed by atoms with van der Waals surface area (Å²) < 4.78 is 42.9. The lowest BCUT2D eigenvalue weighted by atomic mass is 9.96. The van der Waals surface area contributed by atoms with Crippen LogP contribution in [0.25, 0.3) is 10.4 Å². The minimum Gasteiger partial charge on any atom is -0.394 e. The van der Waals surface area contributed by atoms with Gasteiger partial charge in [0.15, 0.2) is 12.6 Å². The summed E-state index contributed by atoms with van der Waals surface area (Å²) in [7, 11) is 0. The summed E-state index contributed by atoms with van der Waals surface area (Å²) in [5.41, 5.74) is 10.9. The van der Waals surface area contributed by atoms with Crippen LogP contribution in [0.5, 0.6) is 0 Å². The number of hydrogen-bond donors (Lipinski definition) is 7. The van der Waals surface area contributed by atoms with Crippen molar-refractivity contribution in [3.8, 4) is 0 Å². The minimum absolute atomic E-state index is 0.0144. The lowest BCUT2D eigenvalue weighted by molar-refractivity contribution is -0.349. The molecular weight excluding hydrogens is 779 g/mol. The van der Waals surface area contributed by atoms with Gasteiger partial charge in [-0.2, -0.15) is 0 Å². The zero-order valence-electron chi connectivity index (χ0n) is 32.7. The quantitative estimate of drug-likeness (QED) is 0.0389. The topological polar surface area (TPSA) is 255 Å². The molecule has 0 radical (unpaired) electrons. The van der Waals surface area contributed by atoms with Crippen molar-refractivity contribution < 1.29 is 68.9 Å². The molecule has 3 aliphatic heterocycles. The zero-order chi connectivity index (χ0) is 41.4. The van der Waals surface area contributed by atoms with Crippen LogP contribution in [0.2, 0.25) is 0 Å². The largest absolute Gasteiger partial charge is 0.394 e. The molecule has 0 saturated carbocycles. The maximum Gasteiger partial charge on any atom is 0.187 e. The first kappa shape index (κ1) is 46.6. The second-order valence-corrected chi connectivity index (χ2v) is 16.0. The molecule has 5 rings (SSSR count). The Morgan fingerprint density at radius 1 is 0.655 bits per heavy atom. The molecule has 3 fully saturated rings. The summed E-state index contributed by atoms with van der Waals surface area (Å²) in [5.74, 6) is 0.730. The molecule has 0 aromatic heterocycles. The molecule has 324 valence electrons. The van der Waals surface area contributed by atoms with Crippen LogP contribution in [-0.4, -0.2) is 153 Å². The van der Waals surface area contributed by atoms with E-state index in [1.165, 1.54) is 24.6 Å². The summed E-state index contributed by atoms with van der Waals surface area (Å²) in [4.78, 5) is 3.16. The van der Waals surface area contributed by atoms with Gasteiger partial charge in [0.2, 0.25) is 0 Å². The first-order valence-electron chi connectivity index (χ1n) is 20.0. The van der Waals surface area contributed by atoms with Crippen molar-refractivity contribution in [1.29, 1.82) is 0 Å². The van der Waals surface area contributed by atoms with E-state index in [1.807, 2.05) is 60.7 Å². The second kappa shape index (κ2) is 24.1. The van der Waals surface area contributed by atoms with Gasteiger partial charge < -0.3 is 68.9 Å². The van der Waals surface area contributed by atoms with Gasteiger partial charge in [-0.05, 0) is 28.8 Å². The van der Waals surface area contributed by atoms with Gasteiger partial charge in [0.25, 0.3) is 0 Å². The van der Waals surface area contributed by atoms with Crippen molar-refractivity contribution in [1.82, 2.24) is 0 Å². The smallest absolute Gasteiger partial charge is 0.187 e. The fourth-order valence-corrected chi connectivity index (χ4v) is 8.36. The molecule has 3 saturated heterocycles. The van der Waals surface area contributed by atoms with Crippen LogP contribution in [0.3, 0.4) is 0 Å². The van der Waals surface area contributed by atoms with E-state index in [1.54, 1.807) is 0 Å². The van der Waals surface area contributed by atoms with E-state index in [-0.39, 0.29) is 19.8 Å². The van der Waals surface area contributed by atoms with Crippen molar-refractivity contribution in [2.24, 2.45) is 5.11 Å². The van der Waals surface area contributed by atoms with Crippen LogP contribution in [0, 0.1) is 0 Å². The van der Waals surface area contributed by atoms with Crippen molar-refractivity contribution in [3.05, 3.63) is 82.2 Å². The first-order valence-corrected chi connectivity index (χ1v) is 21.1. The van der Waals surface area contributed by atoms with Gasteiger partial charge in [-0.1, -0.05) is 105 Å². The van der Waals surface area contributed by atoms with Gasteiger partial charge in [0.1, 0.15) is 72.5 Å². The molecule has 0 spiro atoms. The van der Waals surface area contributed by atoms with E-state index in [4.69, 9.17) is 33.2 Å². The number of azide groups is 1. The van der Waals surface area contributed by atoms with Crippen LogP contribution in [-0.2, 0) is 46.4 Å². The Kier molecular flexibility index (Phi) is 19.4. The number of rotatable bonds is 22. The molecule has 0 aliphatic carbocycles. The monoisotopic (exact) mass is 837 g/mol. The van der Waals surface area contributed by atoms with E-state index < -0.39 is 104 Å². The van der Waals surface area contributed by atoms with E-state index in [2.05, 4.69) is 16.9 Å². The molecule has 3 aliphatic rings. The zero-order valence-corrected chi connectivity index (χ0v) is 33.5. The number of aliphatic hydroxyl groups excluding tert-OH is 7. The summed E-state index contributed by atoms with van der Waals surface area (Å²) in [6.45, 7) is 1.26. The van der Waals surface area contributed by atoms with Crippen LogP contribution in [0.4, 0.5) is 0 Å². The summed E-state index contributed by atoms with van der Waals surface area (Å²) >= 11 is 1.51. The molecule has 2 aromatic rings. The number of aliphatic hydroxyl groups is 7. The van der Waals surface area contributed by atoms with Gasteiger partial charge in [0, 0.05) is 4.91 Å². The number of nitrogens with zero attached hydrogens (tertiary/aromatic N) is 3. The lowest BCUT2D eigenvalue weighted by Crippen LogP contribution is -2.64. The Hall–Kier alpha value is -2.46. The molecule has 18 heteroatoms. The summed E-state index contributed by atoms with van der Waals surface area (Å²) in [6.07, 6.45) is -12.6. The standard InChI is InChI=1S/C40H59N3O14S/c1-2-3-4-5-6-13-18-58-40-29(42-43-41)37(52-21-25-16-11-8-12-17-25)36(28(56-40)22-51-20-24-14-9-7-10-15-24)57-39-35(50)33(48)31(46)27(55-39)23-53-38-34(49)32(47)30(45)26(19-44)54-38/h7-12,14-17,26-40,44-50H,2-6,13,18-23H2,1H3/t26-,27-,28-,29-,30-,31-,32+,33+,34+,35+,36-,37-,38+,39-,40-/m1/s1. The lowest BCUT2D eigenvalue weighted by Gasteiger charge is -2.48. The SMILES string of the molecule is CCCCCCCCS[C@H]1O[C@H](COCc2ccccc2)[C@@H](O[C@H]2O[C@H](CO[C@H]3O[C@H](CO)[C@@H](O)[C@H](O)[C@@H]3O)[C@@H](O)[C@H](O)[C@@H]2O)[C@H](OCc2ccccc2)[C@H]1N=[N+]=[N-]. The van der Waals surface area contributed by atoms with E-state index >= 15 is 0 Å². The molecule has 0 amide bonds. The predicted molar refractivity (Wildman–Crippen MR) is 210 cm³/mol. The minimum atomic E-state index is -1.81. The molecule has 15 atom stereocenters. The highest BCUT2D eigenvalue weighted by atomic mass is 32.2. The van der Waals surface area contributed by atoms with Gasteiger partial charge >= 0.3 is 0 Å². The van der Waals surface area contributed by atoms with Gasteiger partial charge in [-0.15, -0.1) is 11.8 Å². The molecule has 17 nitrogen and oxygen atoms in total. The number of benzene rings is 2. The number of ether oxygens (including phenoxy) is 7. The maximum atomic E-state index is 11.2. The van der Waals surface area contributed by atoms with Gasteiger partial charge in [0.05, 0.1) is 39.1 Å². The third-order valence-electron chi connectivity index (χ3n) is 10.5. The Morgan fingerprint density at radius 3 is 1.91 bits per heavy atom. The Bertz CT molecular complexity index is 1500. The molecule has 3 heterocycles. The van der Waals surface area contributed by atoms with Crippen molar-refractivity contribution in [2.45, 2.75) is 150 Å². The van der Waals surface area contributed by atoms with Crippen molar-refractivity contribution >= 4 is 11.8 Å². The number of unbranched alkanes of at least 4 members (excludes halogenated alkanes) is 5. The highest BCUT2D eigenvalue weighted by molar-refractivity contribution is 7.99. The van der Waals surface area contributed by atoms with Crippen LogP contribution in [0.15, 0.2) is 65.8 Å². The number of hydrogen-bond acceptors (Lipinski definition) is 16. The second-order valence-electron chi connectivity index (χ2n) is 14.8. The fraction of sp³-hybridized carbons (Fsp3) is 0.700. The average Bonchev–Trinajstić information content (AvgIpc) is 3.24. The Morgan fingerprint density at radius 2 is 1.26 bits per heavy atom. The van der Waals surface area contributed by atoms with Crippen LogP contribution >= 0.6 is 11.8 Å². The fourth-order valence-electron chi connectivity index (χ4n) is 7.13. The Balaban J connectivity index is 1.38. The normalized spacial score (nSPS) is 35.3. The van der Waals surface area contributed by atoms with E-state index in [0.29, 0.717) is 0 Å². The van der Waals surface area contributed by atoms with E-state index in [9.17, 15) is 41.3 Å². The summed E-state index contributed by atoms with van der Waals surface area (Å²) in [5, 5.41) is 77.8. The first-order chi connectivity index (χ1) is 28.2. The third-order valence-corrected chi connectivity index (χ3v) is 11.7. The summed E-state index contributed by atoms with van der Waals surface area (Å²) in [6, 6.07) is 18.0. The molecule has 7 N–H and O–H groups in total. The molecule has 0 bridgehead atoms.